The summed E-state index contributed by atoms with van der Waals surface area (Å²) in [6.45, 7) is 1.57. The lowest BCUT2D eigenvalue weighted by atomic mass is 9.87. The van der Waals surface area contributed by atoms with Crippen molar-refractivity contribution >= 4 is 11.7 Å². The third kappa shape index (κ3) is 5.68. The number of ether oxygens (including phenoxy) is 1. The minimum Gasteiger partial charge on any atom is -0.619 e. The van der Waals surface area contributed by atoms with E-state index in [2.05, 4.69) is 10.3 Å². The Morgan fingerprint density at radius 1 is 1.23 bits per heavy atom. The molecule has 2 unspecified atom stereocenters. The standard InChI is InChI=1S/C24H22F4N4O3/c1-15(31-11-8-24(27,28)19(14-31)16-6-9-32(34)10-7-16)23(33)30-22-5-3-18(13-29-22)35-21-4-2-17(25)12-20(21)26/h2-7,9-10,12-13,15,19H,8,11,14H2,1H3,(H,29,30,33). The maximum absolute atomic E-state index is 14.6. The molecule has 0 aliphatic carbocycles. The molecule has 11 heteroatoms. The number of nitrogens with one attached hydrogen (secondary N) is 1. The highest BCUT2D eigenvalue weighted by molar-refractivity contribution is 5.93. The number of halogens is 4. The van der Waals surface area contributed by atoms with Crippen LogP contribution in [0.15, 0.2) is 61.1 Å². The molecule has 1 aliphatic heterocycles. The number of alkyl halides is 2. The minimum atomic E-state index is -2.97. The summed E-state index contributed by atoms with van der Waals surface area (Å²) < 4.78 is 61.8. The lowest BCUT2D eigenvalue weighted by Crippen LogP contribution is -2.52. The Morgan fingerprint density at radius 3 is 2.63 bits per heavy atom. The molecular formula is C24H22F4N4O3. The number of carbonyl (C=O) groups excluding carboxylic acids is 1. The van der Waals surface area contributed by atoms with E-state index in [-0.39, 0.29) is 30.4 Å². The van der Waals surface area contributed by atoms with Crippen LogP contribution < -0.4 is 14.8 Å². The Labute approximate surface area is 198 Å². The molecule has 1 saturated heterocycles. The maximum atomic E-state index is 14.6. The summed E-state index contributed by atoms with van der Waals surface area (Å²) in [5.74, 6) is -5.99. The average Bonchev–Trinajstić information content (AvgIpc) is 2.82. The molecular weight excluding hydrogens is 468 g/mol. The molecule has 1 aromatic carbocycles. The fraction of sp³-hybridized carbons (Fsp3) is 0.292. The van der Waals surface area contributed by atoms with Crippen LogP contribution in [-0.4, -0.2) is 40.8 Å². The van der Waals surface area contributed by atoms with Gasteiger partial charge in [-0.05, 0) is 36.8 Å². The molecule has 1 amide bonds. The molecule has 0 bridgehead atoms. The van der Waals surface area contributed by atoms with Crippen molar-refractivity contribution < 1.29 is 31.8 Å². The van der Waals surface area contributed by atoms with E-state index in [0.29, 0.717) is 16.4 Å². The second-order valence-corrected chi connectivity index (χ2v) is 8.27. The van der Waals surface area contributed by atoms with Gasteiger partial charge in [-0.25, -0.2) is 22.5 Å². The van der Waals surface area contributed by atoms with Crippen molar-refractivity contribution in [1.82, 2.24) is 9.88 Å². The fourth-order valence-corrected chi connectivity index (χ4v) is 3.88. The number of hydrogen-bond donors (Lipinski definition) is 1. The van der Waals surface area contributed by atoms with E-state index in [4.69, 9.17) is 4.74 Å². The molecule has 184 valence electrons. The largest absolute Gasteiger partial charge is 0.619 e. The Kier molecular flexibility index (Phi) is 6.88. The molecule has 0 radical (unpaired) electrons. The van der Waals surface area contributed by atoms with Crippen molar-refractivity contribution in [2.75, 3.05) is 18.4 Å². The lowest BCUT2D eigenvalue weighted by Gasteiger charge is -2.40. The summed E-state index contributed by atoms with van der Waals surface area (Å²) in [6, 6.07) is 7.79. The van der Waals surface area contributed by atoms with Crippen molar-refractivity contribution in [1.29, 1.82) is 0 Å². The van der Waals surface area contributed by atoms with Crippen LogP contribution in [0, 0.1) is 16.8 Å². The first-order valence-corrected chi connectivity index (χ1v) is 10.8. The SMILES string of the molecule is CC(C(=O)Nc1ccc(Oc2ccc(F)cc2F)cn1)N1CCC(F)(F)C(c2cc[n+]([O-])cc2)C1. The van der Waals surface area contributed by atoms with Crippen LogP contribution in [0.4, 0.5) is 23.4 Å². The molecule has 35 heavy (non-hydrogen) atoms. The summed E-state index contributed by atoms with van der Waals surface area (Å²) in [4.78, 5) is 18.5. The van der Waals surface area contributed by atoms with Gasteiger partial charge in [-0.1, -0.05) is 0 Å². The number of piperidine rings is 1. The van der Waals surface area contributed by atoms with Gasteiger partial charge in [-0.15, -0.1) is 0 Å². The number of hydrogen-bond acceptors (Lipinski definition) is 5. The highest BCUT2D eigenvalue weighted by Gasteiger charge is 2.46. The van der Waals surface area contributed by atoms with Gasteiger partial charge in [0, 0.05) is 37.7 Å². The van der Waals surface area contributed by atoms with E-state index >= 15 is 0 Å². The quantitative estimate of drug-likeness (QED) is 0.318. The summed E-state index contributed by atoms with van der Waals surface area (Å²) in [5, 5.41) is 13.9. The molecule has 0 saturated carbocycles. The second kappa shape index (κ2) is 9.87. The fourth-order valence-electron chi connectivity index (χ4n) is 3.88. The summed E-state index contributed by atoms with van der Waals surface area (Å²) in [6.07, 6.45) is 3.18. The van der Waals surface area contributed by atoms with Gasteiger partial charge in [0.2, 0.25) is 5.91 Å². The Morgan fingerprint density at radius 2 is 1.97 bits per heavy atom. The normalized spacial score (nSPS) is 18.6. The van der Waals surface area contributed by atoms with E-state index < -0.39 is 41.8 Å². The summed E-state index contributed by atoms with van der Waals surface area (Å²) in [5.41, 5.74) is 0.328. The van der Waals surface area contributed by atoms with Crippen molar-refractivity contribution in [3.05, 3.63) is 83.5 Å². The lowest BCUT2D eigenvalue weighted by molar-refractivity contribution is -0.605. The Hall–Kier alpha value is -3.73. The van der Waals surface area contributed by atoms with Gasteiger partial charge in [-0.3, -0.25) is 9.69 Å². The van der Waals surface area contributed by atoms with Gasteiger partial charge in [0.25, 0.3) is 5.92 Å². The number of rotatable bonds is 6. The van der Waals surface area contributed by atoms with Crippen molar-refractivity contribution in [3.63, 3.8) is 0 Å². The number of amides is 1. The molecule has 1 fully saturated rings. The molecule has 3 aromatic rings. The Balaban J connectivity index is 1.39. The highest BCUT2D eigenvalue weighted by atomic mass is 19.3. The number of aromatic nitrogens is 2. The highest BCUT2D eigenvalue weighted by Crippen LogP contribution is 2.40. The Bertz CT molecular complexity index is 1190. The van der Waals surface area contributed by atoms with Crippen LogP contribution in [0.1, 0.15) is 24.8 Å². The van der Waals surface area contributed by atoms with Crippen LogP contribution in [-0.2, 0) is 4.79 Å². The van der Waals surface area contributed by atoms with Crippen LogP contribution >= 0.6 is 0 Å². The van der Waals surface area contributed by atoms with E-state index in [1.807, 2.05) is 0 Å². The molecule has 4 rings (SSSR count). The van der Waals surface area contributed by atoms with Crippen molar-refractivity contribution in [3.8, 4) is 11.5 Å². The summed E-state index contributed by atoms with van der Waals surface area (Å²) >= 11 is 0. The molecule has 1 N–H and O–H groups in total. The van der Waals surface area contributed by atoms with E-state index in [9.17, 15) is 27.6 Å². The van der Waals surface area contributed by atoms with Gasteiger partial charge in [-0.2, -0.15) is 4.73 Å². The van der Waals surface area contributed by atoms with E-state index in [1.165, 1.54) is 42.9 Å². The zero-order valence-electron chi connectivity index (χ0n) is 18.6. The predicted molar refractivity (Wildman–Crippen MR) is 118 cm³/mol. The van der Waals surface area contributed by atoms with E-state index in [1.54, 1.807) is 11.8 Å². The predicted octanol–water partition coefficient (Wildman–Crippen LogP) is 4.24. The summed E-state index contributed by atoms with van der Waals surface area (Å²) in [7, 11) is 0. The van der Waals surface area contributed by atoms with Crippen LogP contribution in [0.5, 0.6) is 11.5 Å². The van der Waals surface area contributed by atoms with Crippen molar-refractivity contribution in [2.45, 2.75) is 31.2 Å². The first-order chi connectivity index (χ1) is 16.6. The molecule has 1 aliphatic rings. The number of carbonyl (C=O) groups is 1. The van der Waals surface area contributed by atoms with Crippen LogP contribution in [0.3, 0.4) is 0 Å². The van der Waals surface area contributed by atoms with Gasteiger partial charge in [0.1, 0.15) is 17.4 Å². The average molecular weight is 490 g/mol. The second-order valence-electron chi connectivity index (χ2n) is 8.27. The molecule has 3 heterocycles. The van der Waals surface area contributed by atoms with Crippen molar-refractivity contribution in [2.24, 2.45) is 0 Å². The number of nitrogens with zero attached hydrogens (tertiary/aromatic N) is 3. The molecule has 0 spiro atoms. The zero-order chi connectivity index (χ0) is 25.2. The number of pyridine rings is 2. The molecule has 2 atom stereocenters. The molecule has 7 nitrogen and oxygen atoms in total. The number of likely N-dealkylation sites (tertiary alicyclic amines) is 1. The topological polar surface area (TPSA) is 81.4 Å². The maximum Gasteiger partial charge on any atom is 0.257 e. The third-order valence-electron chi connectivity index (χ3n) is 5.93. The first kappa shape index (κ1) is 24.4. The minimum absolute atomic E-state index is 0.0237. The van der Waals surface area contributed by atoms with E-state index in [0.717, 1.165) is 12.1 Å². The van der Waals surface area contributed by atoms with Gasteiger partial charge >= 0.3 is 0 Å². The zero-order valence-corrected chi connectivity index (χ0v) is 18.6. The third-order valence-corrected chi connectivity index (χ3v) is 5.93. The van der Waals surface area contributed by atoms with Crippen LogP contribution in [0.2, 0.25) is 0 Å². The monoisotopic (exact) mass is 490 g/mol. The number of benzene rings is 1. The van der Waals surface area contributed by atoms with Crippen LogP contribution in [0.25, 0.3) is 0 Å². The smallest absolute Gasteiger partial charge is 0.257 e. The first-order valence-electron chi connectivity index (χ1n) is 10.8. The molecule has 2 aromatic heterocycles. The van der Waals surface area contributed by atoms with Gasteiger partial charge < -0.3 is 15.3 Å². The van der Waals surface area contributed by atoms with Gasteiger partial charge in [0.05, 0.1) is 18.2 Å². The number of anilines is 1. The van der Waals surface area contributed by atoms with Gasteiger partial charge in [0.15, 0.2) is 24.0 Å².